The van der Waals surface area contributed by atoms with Gasteiger partial charge in [-0.2, -0.15) is 0 Å². The monoisotopic (exact) mass is 245 g/mol. The fourth-order valence-corrected chi connectivity index (χ4v) is 3.60. The minimum Gasteiger partial charge on any atom is -0.387 e. The number of aryl methyl sites for hydroxylation is 2. The predicted molar refractivity (Wildman–Crippen MR) is 69.3 cm³/mol. The maximum Gasteiger partial charge on any atom is 0.0968 e. The van der Waals surface area contributed by atoms with Crippen molar-refractivity contribution in [3.63, 3.8) is 0 Å². The van der Waals surface area contributed by atoms with Crippen LogP contribution in [0.5, 0.6) is 0 Å². The number of hydrogen-bond acceptors (Lipinski definition) is 3. The van der Waals surface area contributed by atoms with Crippen LogP contribution in [0.25, 0.3) is 0 Å². The summed E-state index contributed by atoms with van der Waals surface area (Å²) in [5, 5.41) is 12.6. The van der Waals surface area contributed by atoms with Crippen molar-refractivity contribution in [3.8, 4) is 0 Å². The van der Waals surface area contributed by atoms with E-state index in [4.69, 9.17) is 0 Å². The summed E-state index contributed by atoms with van der Waals surface area (Å²) in [6, 6.07) is 6.16. The predicted octanol–water partition coefficient (Wildman–Crippen LogP) is 3.21. The molecule has 2 aromatic rings. The van der Waals surface area contributed by atoms with Crippen LogP contribution >= 0.6 is 11.3 Å². The van der Waals surface area contributed by atoms with Gasteiger partial charge >= 0.3 is 0 Å². The summed E-state index contributed by atoms with van der Waals surface area (Å²) >= 11 is 1.64. The molecular formula is C14H15NOS. The third-order valence-corrected chi connectivity index (χ3v) is 4.64. The zero-order valence-corrected chi connectivity index (χ0v) is 10.6. The standard InChI is InChI=1S/C14H15NOS/c1-9-6-8-17-14(9)13(16)11-5-4-10-3-2-7-15-12(10)11/h2-3,6-8,11,13,16H,4-5H2,1H3. The van der Waals surface area contributed by atoms with Gasteiger partial charge in [0.2, 0.25) is 0 Å². The Morgan fingerprint density at radius 3 is 3.12 bits per heavy atom. The summed E-state index contributed by atoms with van der Waals surface area (Å²) in [6.45, 7) is 2.06. The van der Waals surface area contributed by atoms with Crippen molar-refractivity contribution in [3.05, 3.63) is 51.5 Å². The highest BCUT2D eigenvalue weighted by atomic mass is 32.1. The smallest absolute Gasteiger partial charge is 0.0968 e. The third-order valence-electron chi connectivity index (χ3n) is 3.55. The Bertz CT molecular complexity index is 535. The molecule has 1 aliphatic carbocycles. The number of aromatic nitrogens is 1. The Balaban J connectivity index is 1.95. The molecule has 2 heterocycles. The van der Waals surface area contributed by atoms with Gasteiger partial charge in [0.1, 0.15) is 0 Å². The fourth-order valence-electron chi connectivity index (χ4n) is 2.62. The van der Waals surface area contributed by atoms with Gasteiger partial charge in [-0.15, -0.1) is 11.3 Å². The summed E-state index contributed by atoms with van der Waals surface area (Å²) in [6.07, 6.45) is 3.47. The Kier molecular flexibility index (Phi) is 2.73. The van der Waals surface area contributed by atoms with Gasteiger partial charge < -0.3 is 5.11 Å². The van der Waals surface area contributed by atoms with Gasteiger partial charge in [-0.25, -0.2) is 0 Å². The lowest BCUT2D eigenvalue weighted by molar-refractivity contribution is 0.146. The van der Waals surface area contributed by atoms with Gasteiger partial charge in [-0.1, -0.05) is 6.07 Å². The van der Waals surface area contributed by atoms with E-state index < -0.39 is 6.10 Å². The van der Waals surface area contributed by atoms with Crippen molar-refractivity contribution in [1.82, 2.24) is 4.98 Å². The molecule has 0 spiro atoms. The molecule has 1 N–H and O–H groups in total. The zero-order valence-electron chi connectivity index (χ0n) is 9.76. The lowest BCUT2D eigenvalue weighted by Gasteiger charge is -2.18. The SMILES string of the molecule is Cc1ccsc1C(O)C1CCc2cccnc21. The molecule has 2 atom stereocenters. The summed E-state index contributed by atoms with van der Waals surface area (Å²) in [4.78, 5) is 5.54. The molecule has 0 fully saturated rings. The molecular weight excluding hydrogens is 230 g/mol. The van der Waals surface area contributed by atoms with E-state index in [0.29, 0.717) is 0 Å². The van der Waals surface area contributed by atoms with Crippen molar-refractivity contribution in [1.29, 1.82) is 0 Å². The first-order valence-corrected chi connectivity index (χ1v) is 6.81. The molecule has 3 heteroatoms. The Morgan fingerprint density at radius 1 is 1.47 bits per heavy atom. The van der Waals surface area contributed by atoms with Crippen LogP contribution in [-0.4, -0.2) is 10.1 Å². The second-order valence-electron chi connectivity index (χ2n) is 4.61. The fraction of sp³-hybridized carbons (Fsp3) is 0.357. The van der Waals surface area contributed by atoms with Gasteiger partial charge in [0.25, 0.3) is 0 Å². The number of hydrogen-bond donors (Lipinski definition) is 1. The van der Waals surface area contributed by atoms with Crippen molar-refractivity contribution in [2.24, 2.45) is 0 Å². The van der Waals surface area contributed by atoms with Crippen LogP contribution in [0.15, 0.2) is 29.8 Å². The van der Waals surface area contributed by atoms with Crippen LogP contribution in [0.4, 0.5) is 0 Å². The minimum absolute atomic E-state index is 0.170. The van der Waals surface area contributed by atoms with E-state index in [1.165, 1.54) is 11.1 Å². The van der Waals surface area contributed by atoms with Crippen LogP contribution in [-0.2, 0) is 6.42 Å². The van der Waals surface area contributed by atoms with Crippen molar-refractivity contribution in [2.45, 2.75) is 31.8 Å². The van der Waals surface area contributed by atoms with Crippen LogP contribution in [0, 0.1) is 6.92 Å². The Labute approximate surface area is 105 Å². The van der Waals surface area contributed by atoms with Crippen LogP contribution < -0.4 is 0 Å². The van der Waals surface area contributed by atoms with Crippen LogP contribution in [0.2, 0.25) is 0 Å². The lowest BCUT2D eigenvalue weighted by atomic mass is 9.97. The van der Waals surface area contributed by atoms with Gasteiger partial charge in [0.05, 0.1) is 6.10 Å². The highest BCUT2D eigenvalue weighted by molar-refractivity contribution is 7.10. The van der Waals surface area contributed by atoms with Gasteiger partial charge in [-0.3, -0.25) is 4.98 Å². The molecule has 1 aliphatic rings. The number of thiophene rings is 1. The molecule has 0 aliphatic heterocycles. The summed E-state index contributed by atoms with van der Waals surface area (Å²) < 4.78 is 0. The molecule has 2 unspecified atom stereocenters. The van der Waals surface area contributed by atoms with Gasteiger partial charge in [0, 0.05) is 22.7 Å². The van der Waals surface area contributed by atoms with E-state index in [1.807, 2.05) is 17.6 Å². The summed E-state index contributed by atoms with van der Waals surface area (Å²) in [5.41, 5.74) is 3.57. The highest BCUT2D eigenvalue weighted by Crippen LogP contribution is 2.42. The largest absolute Gasteiger partial charge is 0.387 e. The Hall–Kier alpha value is -1.19. The maximum atomic E-state index is 10.5. The summed E-state index contributed by atoms with van der Waals surface area (Å²) in [7, 11) is 0. The quantitative estimate of drug-likeness (QED) is 0.881. The average molecular weight is 245 g/mol. The molecule has 88 valence electrons. The third kappa shape index (κ3) is 1.79. The maximum absolute atomic E-state index is 10.5. The molecule has 2 aromatic heterocycles. The first kappa shape index (κ1) is 10.9. The second-order valence-corrected chi connectivity index (χ2v) is 5.55. The van der Waals surface area contributed by atoms with E-state index in [1.54, 1.807) is 11.3 Å². The number of aliphatic hydroxyl groups is 1. The lowest BCUT2D eigenvalue weighted by Crippen LogP contribution is -2.09. The number of rotatable bonds is 2. The van der Waals surface area contributed by atoms with E-state index in [9.17, 15) is 5.11 Å². The Morgan fingerprint density at radius 2 is 2.35 bits per heavy atom. The molecule has 0 bridgehead atoms. The molecule has 2 nitrogen and oxygen atoms in total. The highest BCUT2D eigenvalue weighted by Gasteiger charge is 2.31. The normalized spacial score (nSPS) is 20.2. The van der Waals surface area contributed by atoms with Crippen molar-refractivity contribution >= 4 is 11.3 Å². The molecule has 17 heavy (non-hydrogen) atoms. The number of nitrogens with zero attached hydrogens (tertiary/aromatic N) is 1. The van der Waals surface area contributed by atoms with E-state index in [0.717, 1.165) is 23.4 Å². The van der Waals surface area contributed by atoms with Gasteiger partial charge in [0.15, 0.2) is 0 Å². The van der Waals surface area contributed by atoms with Crippen molar-refractivity contribution in [2.75, 3.05) is 0 Å². The molecule has 0 saturated heterocycles. The second kappa shape index (κ2) is 4.24. The van der Waals surface area contributed by atoms with Crippen LogP contribution in [0.1, 0.15) is 40.1 Å². The number of aliphatic hydroxyl groups excluding tert-OH is 1. The topological polar surface area (TPSA) is 33.1 Å². The van der Waals surface area contributed by atoms with Gasteiger partial charge in [-0.05, 0) is 48.4 Å². The summed E-state index contributed by atoms with van der Waals surface area (Å²) in [5.74, 6) is 0.170. The van der Waals surface area contributed by atoms with Crippen molar-refractivity contribution < 1.29 is 5.11 Å². The molecule has 3 rings (SSSR count). The molecule has 0 saturated carbocycles. The average Bonchev–Trinajstić information content (AvgIpc) is 2.94. The first-order valence-electron chi connectivity index (χ1n) is 5.93. The number of fused-ring (bicyclic) bond motifs is 1. The molecule has 0 radical (unpaired) electrons. The van der Waals surface area contributed by atoms with E-state index in [2.05, 4.69) is 24.0 Å². The minimum atomic E-state index is -0.397. The number of pyridine rings is 1. The van der Waals surface area contributed by atoms with E-state index in [-0.39, 0.29) is 5.92 Å². The first-order chi connectivity index (χ1) is 8.27. The molecule has 0 aromatic carbocycles. The zero-order chi connectivity index (χ0) is 11.8. The molecule has 0 amide bonds. The van der Waals surface area contributed by atoms with Crippen LogP contribution in [0.3, 0.4) is 0 Å². The van der Waals surface area contributed by atoms with E-state index >= 15 is 0 Å².